The number of ether oxygens (including phenoxy) is 3. The van der Waals surface area contributed by atoms with E-state index in [1.165, 1.54) is 150 Å². The summed E-state index contributed by atoms with van der Waals surface area (Å²) in [6, 6.07) is 42.5. The number of carbonyl (C=O) groups excluding carboxylic acids is 3. The minimum atomic E-state index is -0.897. The van der Waals surface area contributed by atoms with Crippen LogP contribution in [0, 0.1) is 0 Å². The van der Waals surface area contributed by atoms with Gasteiger partial charge in [0.1, 0.15) is 0 Å². The molecule has 0 spiro atoms. The molecule has 9 N–H and O–H groups in total. The van der Waals surface area contributed by atoms with Crippen LogP contribution >= 0.6 is 0 Å². The Morgan fingerprint density at radius 1 is 0.396 bits per heavy atom. The molecule has 12 aromatic rings. The lowest BCUT2D eigenvalue weighted by Gasteiger charge is -2.21. The van der Waals surface area contributed by atoms with Gasteiger partial charge in [-0.2, -0.15) is 0 Å². The van der Waals surface area contributed by atoms with Gasteiger partial charge in [0, 0.05) is 101 Å². The van der Waals surface area contributed by atoms with Crippen molar-refractivity contribution in [2.75, 3.05) is 21.3 Å². The van der Waals surface area contributed by atoms with Crippen molar-refractivity contribution >= 4 is 116 Å². The smallest absolute Gasteiger partial charge is 0.337 e. The number of benzene rings is 6. The number of carboxylic acids is 3. The van der Waals surface area contributed by atoms with E-state index in [2.05, 4.69) is 73.9 Å². The van der Waals surface area contributed by atoms with Gasteiger partial charge in [0.25, 0.3) is 0 Å². The quantitative estimate of drug-likeness (QED) is 0.0314. The van der Waals surface area contributed by atoms with Crippen molar-refractivity contribution in [1.29, 1.82) is 0 Å². The number of hydrogen-bond donors (Lipinski definition) is 9. The molecule has 2 saturated carbocycles. The normalized spacial score (nSPS) is 13.6. The summed E-state index contributed by atoms with van der Waals surface area (Å²) in [5.74, 6) is -2.20. The van der Waals surface area contributed by atoms with E-state index in [1.807, 2.05) is 79.1 Å². The van der Waals surface area contributed by atoms with Crippen molar-refractivity contribution in [3.8, 4) is 0 Å². The molecule has 0 unspecified atom stereocenters. The summed E-state index contributed by atoms with van der Waals surface area (Å²) >= 11 is 0. The fraction of sp³-hybridized carbons (Fsp3) is 0.317. The number of aromatic amines is 6. The number of rotatable bonds is 12. The first-order valence-electron chi connectivity index (χ1n) is 34.7. The largest absolute Gasteiger partial charge is 0.478 e. The van der Waals surface area contributed by atoms with E-state index in [9.17, 15) is 28.8 Å². The van der Waals surface area contributed by atoms with Crippen molar-refractivity contribution in [2.45, 2.75) is 148 Å². The summed E-state index contributed by atoms with van der Waals surface area (Å²) in [6.07, 6.45) is 31.9. The average Bonchev–Trinajstić information content (AvgIpc) is 1.68. The molecule has 6 aromatic heterocycles. The maximum Gasteiger partial charge on any atom is 0.337 e. The molecule has 18 nitrogen and oxygen atoms in total. The van der Waals surface area contributed by atoms with Crippen molar-refractivity contribution in [1.82, 2.24) is 29.9 Å². The van der Waals surface area contributed by atoms with Crippen LogP contribution in [0.2, 0.25) is 18.1 Å². The van der Waals surface area contributed by atoms with Gasteiger partial charge in [-0.15, -0.1) is 0 Å². The molecule has 530 valence electrons. The second-order valence-corrected chi connectivity index (χ2v) is 29.6. The number of aromatic carboxylic acids is 3. The molecule has 0 atom stereocenters. The van der Waals surface area contributed by atoms with Crippen LogP contribution < -0.4 is 0 Å². The number of carboxylic acid groups (broad SMARTS) is 3. The van der Waals surface area contributed by atoms with Crippen LogP contribution in [0.25, 0.3) is 71.0 Å². The summed E-state index contributed by atoms with van der Waals surface area (Å²) in [6.45, 7) is 6.97. The average molecular weight is 1390 g/mol. The number of esters is 3. The summed E-state index contributed by atoms with van der Waals surface area (Å²) < 4.78 is 14.1. The number of allylic oxidation sites excluding steroid dienone is 2. The standard InChI is InChI=1S/2C16H19NO2.C15H15NO2.C10H9NO2.2C9H7NO2.C6H16Si.CH4/c2*1-19-16(18)12-7-8-13-14(10-17-15(13)9-12)11-5-3-2-4-6-11;17-15(18)11-6-7-12-13(9-16-14(12)8-11)10-4-2-1-3-5-10;1-13-10(12)8-3-2-7-4-5-11-9(7)6-8;2*11-9(12)7-2-1-6-3-4-10-8(6)5-7;1-4-7(5-2)6-3;/h2*7-11,17H,2-6H2,1H3;4,6-9,16H,1-3,5H2,(H,17,18);2-6,11H,1H3;2*1-5,10H,(H,11,12);7H,4-6H2,1-3H3;1H4. The lowest BCUT2D eigenvalue weighted by atomic mass is 9.84. The molecule has 0 aliphatic heterocycles. The highest BCUT2D eigenvalue weighted by molar-refractivity contribution is 6.58. The Bertz CT molecular complexity index is 4560. The van der Waals surface area contributed by atoms with E-state index in [1.54, 1.807) is 73.1 Å². The monoisotopic (exact) mass is 1380 g/mol. The third-order valence-corrected chi connectivity index (χ3v) is 22.7. The van der Waals surface area contributed by atoms with E-state index < -0.39 is 17.9 Å². The Labute approximate surface area is 590 Å². The van der Waals surface area contributed by atoms with E-state index in [0.29, 0.717) is 45.2 Å². The molecular weight excluding hydrogens is 1290 g/mol. The molecule has 0 bridgehead atoms. The predicted octanol–water partition coefficient (Wildman–Crippen LogP) is 20.4. The lowest BCUT2D eigenvalue weighted by molar-refractivity contribution is 0.0592. The maximum absolute atomic E-state index is 11.5. The van der Waals surface area contributed by atoms with Crippen molar-refractivity contribution < 1.29 is 58.3 Å². The molecule has 6 heterocycles. The van der Waals surface area contributed by atoms with Gasteiger partial charge in [0.2, 0.25) is 0 Å². The zero-order valence-corrected chi connectivity index (χ0v) is 59.1. The predicted molar refractivity (Wildman–Crippen MR) is 408 cm³/mol. The van der Waals surface area contributed by atoms with Crippen LogP contribution in [-0.2, 0) is 14.2 Å². The number of hydrogen-bond acceptors (Lipinski definition) is 9. The second-order valence-electron chi connectivity index (χ2n) is 25.4. The van der Waals surface area contributed by atoms with Crippen molar-refractivity contribution in [3.63, 3.8) is 0 Å². The molecular formula is C82H96N6O12Si. The summed E-state index contributed by atoms with van der Waals surface area (Å²) in [5.41, 5.74) is 13.8. The molecule has 15 rings (SSSR count). The zero-order chi connectivity index (χ0) is 71.1. The van der Waals surface area contributed by atoms with Crippen LogP contribution in [0.3, 0.4) is 0 Å². The number of aromatic nitrogens is 6. The number of methoxy groups -OCH3 is 3. The third-order valence-electron chi connectivity index (χ3n) is 19.2. The van der Waals surface area contributed by atoms with Crippen LogP contribution in [-0.4, -0.2) is 111 Å². The molecule has 0 saturated heterocycles. The highest BCUT2D eigenvalue weighted by Gasteiger charge is 2.22. The van der Waals surface area contributed by atoms with Crippen LogP contribution in [0.4, 0.5) is 0 Å². The maximum atomic E-state index is 11.5. The SMILES string of the molecule is C.CC[SiH](CC)CC.COC(=O)c1ccc2c(C3CCCCC3)c[nH]c2c1.COC(=O)c1ccc2c(C3CCCCC3)c[nH]c2c1.COC(=O)c1ccc2cc[nH]c2c1.O=C(O)c1ccc2c(C3=CCCCC3)c[nH]c2c1.O=C(O)c1ccc2cc[nH]c2c1.O=C(O)c1ccc2cc[nH]c2c1. The van der Waals surface area contributed by atoms with Gasteiger partial charge in [0.05, 0.1) is 54.7 Å². The summed E-state index contributed by atoms with van der Waals surface area (Å²) in [4.78, 5) is 84.9. The van der Waals surface area contributed by atoms with Crippen molar-refractivity contribution in [2.24, 2.45) is 0 Å². The van der Waals surface area contributed by atoms with Gasteiger partial charge in [-0.05, 0) is 187 Å². The number of carbonyl (C=O) groups is 6. The lowest BCUT2D eigenvalue weighted by Crippen LogP contribution is -2.04. The first kappa shape index (κ1) is 76.1. The highest BCUT2D eigenvalue weighted by atomic mass is 28.3. The first-order chi connectivity index (χ1) is 48.5. The molecule has 2 fully saturated rings. The first-order valence-corrected chi connectivity index (χ1v) is 37.2. The molecule has 3 aliphatic rings. The fourth-order valence-electron chi connectivity index (χ4n) is 13.4. The molecule has 101 heavy (non-hydrogen) atoms. The number of fused-ring (bicyclic) bond motifs is 6. The van der Waals surface area contributed by atoms with E-state index in [-0.39, 0.29) is 34.1 Å². The van der Waals surface area contributed by atoms with Crippen molar-refractivity contribution in [3.05, 3.63) is 221 Å². The molecule has 6 aromatic carbocycles. The van der Waals surface area contributed by atoms with E-state index >= 15 is 0 Å². The van der Waals surface area contributed by atoms with Crippen LogP contribution in [0.1, 0.15) is 209 Å². The minimum Gasteiger partial charge on any atom is -0.478 e. The highest BCUT2D eigenvalue weighted by Crippen LogP contribution is 2.39. The molecule has 0 amide bonds. The molecule has 19 heteroatoms. The zero-order valence-electron chi connectivity index (χ0n) is 57.9. The fourth-order valence-corrected chi connectivity index (χ4v) is 15.1. The Morgan fingerprint density at radius 2 is 0.733 bits per heavy atom. The van der Waals surface area contributed by atoms with Gasteiger partial charge >= 0.3 is 35.8 Å². The van der Waals surface area contributed by atoms with E-state index in [4.69, 9.17) is 24.8 Å². The number of nitrogens with one attached hydrogen (secondary N) is 6. The second kappa shape index (κ2) is 37.5. The third kappa shape index (κ3) is 20.1. The Hall–Kier alpha value is -10.7. The minimum absolute atomic E-state index is 0. The van der Waals surface area contributed by atoms with Gasteiger partial charge < -0.3 is 59.4 Å². The Morgan fingerprint density at radius 3 is 1.10 bits per heavy atom. The van der Waals surface area contributed by atoms with Gasteiger partial charge in [0.15, 0.2) is 0 Å². The van der Waals surface area contributed by atoms with Crippen LogP contribution in [0.5, 0.6) is 0 Å². The molecule has 3 aliphatic carbocycles. The van der Waals surface area contributed by atoms with Gasteiger partial charge in [-0.3, -0.25) is 0 Å². The Balaban J connectivity index is 0.000000152. The number of H-pyrrole nitrogens is 6. The van der Waals surface area contributed by atoms with Crippen LogP contribution in [0.15, 0.2) is 171 Å². The van der Waals surface area contributed by atoms with Gasteiger partial charge in [-0.1, -0.05) is 127 Å². The topological polar surface area (TPSA) is 286 Å². The van der Waals surface area contributed by atoms with E-state index in [0.717, 1.165) is 67.5 Å². The summed E-state index contributed by atoms with van der Waals surface area (Å²) in [7, 11) is 4.03. The Kier molecular flexibility index (Phi) is 28.3. The van der Waals surface area contributed by atoms with Gasteiger partial charge in [-0.25, -0.2) is 28.8 Å². The molecule has 0 radical (unpaired) electrons. The summed E-state index contributed by atoms with van der Waals surface area (Å²) in [5, 5.41) is 33.1.